The van der Waals surface area contributed by atoms with Crippen molar-refractivity contribution in [2.75, 3.05) is 0 Å². The quantitative estimate of drug-likeness (QED) is 0.469. The largest absolute Gasteiger partial charge is 0.467 e. The van der Waals surface area contributed by atoms with Crippen molar-refractivity contribution < 1.29 is 13.6 Å². The Balaban J connectivity index is 1.82. The van der Waals surface area contributed by atoms with E-state index in [2.05, 4.69) is 10.4 Å². The molecule has 4 rings (SSSR count). The van der Waals surface area contributed by atoms with Crippen LogP contribution in [-0.2, 0) is 13.1 Å². The number of rotatable bonds is 6. The zero-order chi connectivity index (χ0) is 23.5. The van der Waals surface area contributed by atoms with Crippen molar-refractivity contribution in [2.45, 2.75) is 20.0 Å². The first-order valence-electron chi connectivity index (χ1n) is 9.89. The fraction of sp³-hybridized carbons (Fsp3) is 0.130. The minimum absolute atomic E-state index is 0.0202. The van der Waals surface area contributed by atoms with Gasteiger partial charge in [0.2, 0.25) is 5.69 Å². The summed E-state index contributed by atoms with van der Waals surface area (Å²) < 4.78 is 20.6. The van der Waals surface area contributed by atoms with E-state index in [4.69, 9.17) is 16.0 Å². The number of nitrogens with one attached hydrogen (secondary N) is 1. The molecule has 0 atom stereocenters. The smallest absolute Gasteiger partial charge is 0.352 e. The highest BCUT2D eigenvalue weighted by molar-refractivity contribution is 6.31. The maximum atomic E-state index is 13.7. The van der Waals surface area contributed by atoms with Crippen molar-refractivity contribution in [2.24, 2.45) is 0 Å². The van der Waals surface area contributed by atoms with Gasteiger partial charge in [0.25, 0.3) is 11.5 Å². The van der Waals surface area contributed by atoms with Crippen LogP contribution in [0.2, 0.25) is 5.02 Å². The third-order valence-electron chi connectivity index (χ3n) is 4.91. The van der Waals surface area contributed by atoms with Crippen LogP contribution in [0.15, 0.2) is 74.9 Å². The fourth-order valence-electron chi connectivity index (χ4n) is 3.16. The lowest BCUT2D eigenvalue weighted by Gasteiger charge is -2.13. The standard InChI is InChI=1S/C23H18ClFN4O4/c1-14-7-8-17(11-19(14)24)29-23(32)28(13-15-4-2-5-16(25)10-15)22(31)20(27-29)21(30)26-12-18-6-3-9-33-18/h2-11H,12-13H2,1H3,(H,26,30). The summed E-state index contributed by atoms with van der Waals surface area (Å²) in [6, 6.07) is 13.6. The summed E-state index contributed by atoms with van der Waals surface area (Å²) in [6.07, 6.45) is 1.45. The number of furan rings is 1. The van der Waals surface area contributed by atoms with E-state index >= 15 is 0 Å². The second kappa shape index (κ2) is 9.25. The van der Waals surface area contributed by atoms with Crippen molar-refractivity contribution >= 4 is 17.5 Å². The van der Waals surface area contributed by atoms with E-state index in [1.54, 1.807) is 37.3 Å². The van der Waals surface area contributed by atoms with Crippen LogP contribution < -0.4 is 16.6 Å². The van der Waals surface area contributed by atoms with E-state index in [1.165, 1.54) is 30.5 Å². The third-order valence-corrected chi connectivity index (χ3v) is 5.32. The molecule has 2 heterocycles. The first-order chi connectivity index (χ1) is 15.8. The third kappa shape index (κ3) is 4.78. The topological polar surface area (TPSA) is 99.1 Å². The molecule has 0 radical (unpaired) electrons. The summed E-state index contributed by atoms with van der Waals surface area (Å²) in [6.45, 7) is 1.56. The molecule has 4 aromatic rings. The van der Waals surface area contributed by atoms with Gasteiger partial charge in [-0.15, -0.1) is 0 Å². The number of amides is 1. The lowest BCUT2D eigenvalue weighted by atomic mass is 10.2. The molecule has 0 unspecified atom stereocenters. The van der Waals surface area contributed by atoms with Gasteiger partial charge in [-0.2, -0.15) is 9.78 Å². The van der Waals surface area contributed by atoms with E-state index in [9.17, 15) is 18.8 Å². The Labute approximate surface area is 191 Å². The van der Waals surface area contributed by atoms with E-state index < -0.39 is 28.7 Å². The van der Waals surface area contributed by atoms with Crippen LogP contribution in [0.3, 0.4) is 0 Å². The number of carbonyl (C=O) groups is 1. The van der Waals surface area contributed by atoms with Crippen molar-refractivity contribution in [1.29, 1.82) is 0 Å². The van der Waals surface area contributed by atoms with Crippen molar-refractivity contribution in [3.8, 4) is 5.69 Å². The number of aromatic nitrogens is 3. The SMILES string of the molecule is Cc1ccc(-n2nc(C(=O)NCc3ccco3)c(=O)n(Cc3cccc(F)c3)c2=O)cc1Cl. The monoisotopic (exact) mass is 468 g/mol. The zero-order valence-corrected chi connectivity index (χ0v) is 18.2. The molecule has 0 bridgehead atoms. The minimum Gasteiger partial charge on any atom is -0.467 e. The molecular weight excluding hydrogens is 451 g/mol. The Morgan fingerprint density at radius 2 is 1.97 bits per heavy atom. The van der Waals surface area contributed by atoms with Crippen LogP contribution >= 0.6 is 11.6 Å². The number of aryl methyl sites for hydroxylation is 1. The predicted molar refractivity (Wildman–Crippen MR) is 119 cm³/mol. The van der Waals surface area contributed by atoms with E-state index in [0.29, 0.717) is 16.3 Å². The molecule has 2 aromatic heterocycles. The van der Waals surface area contributed by atoms with Gasteiger partial charge in [-0.25, -0.2) is 9.18 Å². The molecule has 0 fully saturated rings. The molecule has 33 heavy (non-hydrogen) atoms. The van der Waals surface area contributed by atoms with Gasteiger partial charge in [-0.05, 0) is 54.4 Å². The molecule has 0 spiro atoms. The Kier molecular flexibility index (Phi) is 6.23. The van der Waals surface area contributed by atoms with Crippen LogP contribution in [0.1, 0.15) is 27.4 Å². The van der Waals surface area contributed by atoms with Crippen LogP contribution in [0.25, 0.3) is 5.69 Å². The van der Waals surface area contributed by atoms with Crippen LogP contribution in [-0.4, -0.2) is 20.3 Å². The molecule has 10 heteroatoms. The van der Waals surface area contributed by atoms with Crippen molar-refractivity contribution in [1.82, 2.24) is 19.7 Å². The summed E-state index contributed by atoms with van der Waals surface area (Å²) in [5.74, 6) is -0.838. The highest BCUT2D eigenvalue weighted by Crippen LogP contribution is 2.18. The summed E-state index contributed by atoms with van der Waals surface area (Å²) in [7, 11) is 0. The Bertz CT molecular complexity index is 1440. The Morgan fingerprint density at radius 1 is 1.15 bits per heavy atom. The number of nitrogens with zero attached hydrogens (tertiary/aromatic N) is 3. The van der Waals surface area contributed by atoms with Crippen molar-refractivity contribution in [3.63, 3.8) is 0 Å². The maximum absolute atomic E-state index is 13.7. The highest BCUT2D eigenvalue weighted by atomic mass is 35.5. The predicted octanol–water partition coefficient (Wildman–Crippen LogP) is 3.07. The zero-order valence-electron chi connectivity index (χ0n) is 17.4. The number of carbonyl (C=O) groups excluding carboxylic acids is 1. The number of hydrogen-bond acceptors (Lipinski definition) is 5. The second-order valence-electron chi connectivity index (χ2n) is 7.26. The molecule has 0 saturated heterocycles. The Hall–Kier alpha value is -3.98. The molecule has 168 valence electrons. The van der Waals surface area contributed by atoms with E-state index in [0.717, 1.165) is 14.8 Å². The number of hydrogen-bond donors (Lipinski definition) is 1. The van der Waals surface area contributed by atoms with Gasteiger partial charge in [0, 0.05) is 5.02 Å². The lowest BCUT2D eigenvalue weighted by molar-refractivity contribution is 0.0938. The average molecular weight is 469 g/mol. The first-order valence-corrected chi connectivity index (χ1v) is 10.3. The normalized spacial score (nSPS) is 10.9. The summed E-state index contributed by atoms with van der Waals surface area (Å²) >= 11 is 6.20. The lowest BCUT2D eigenvalue weighted by Crippen LogP contribution is -2.46. The highest BCUT2D eigenvalue weighted by Gasteiger charge is 2.21. The number of halogens is 2. The molecule has 0 aliphatic heterocycles. The van der Waals surface area contributed by atoms with Gasteiger partial charge < -0.3 is 9.73 Å². The molecule has 8 nitrogen and oxygen atoms in total. The molecule has 2 aromatic carbocycles. The fourth-order valence-corrected chi connectivity index (χ4v) is 3.34. The van der Waals surface area contributed by atoms with Gasteiger partial charge in [0.05, 0.1) is 25.0 Å². The molecule has 1 amide bonds. The van der Waals surface area contributed by atoms with Crippen molar-refractivity contribution in [3.05, 3.63) is 115 Å². The molecular formula is C23H18ClFN4O4. The number of benzene rings is 2. The Morgan fingerprint density at radius 3 is 2.67 bits per heavy atom. The summed E-state index contributed by atoms with van der Waals surface area (Å²) in [4.78, 5) is 39.0. The van der Waals surface area contributed by atoms with Crippen LogP contribution in [0, 0.1) is 12.7 Å². The average Bonchev–Trinajstić information content (AvgIpc) is 3.31. The van der Waals surface area contributed by atoms with Gasteiger partial charge in [-0.1, -0.05) is 29.8 Å². The van der Waals surface area contributed by atoms with Crippen LogP contribution in [0.4, 0.5) is 4.39 Å². The molecule has 0 aliphatic rings. The van der Waals surface area contributed by atoms with Crippen LogP contribution in [0.5, 0.6) is 0 Å². The van der Waals surface area contributed by atoms with Gasteiger partial charge in [-0.3, -0.25) is 14.2 Å². The molecule has 0 saturated carbocycles. The summed E-state index contributed by atoms with van der Waals surface area (Å²) in [5, 5.41) is 6.96. The summed E-state index contributed by atoms with van der Waals surface area (Å²) in [5.41, 5.74) is -0.797. The van der Waals surface area contributed by atoms with E-state index in [-0.39, 0.29) is 18.8 Å². The molecule has 0 aliphatic carbocycles. The maximum Gasteiger partial charge on any atom is 0.352 e. The van der Waals surface area contributed by atoms with Gasteiger partial charge in [0.15, 0.2) is 0 Å². The van der Waals surface area contributed by atoms with Gasteiger partial charge in [0.1, 0.15) is 11.6 Å². The first kappa shape index (κ1) is 22.2. The second-order valence-corrected chi connectivity index (χ2v) is 7.67. The van der Waals surface area contributed by atoms with Gasteiger partial charge >= 0.3 is 5.69 Å². The molecule has 1 N–H and O–H groups in total. The van der Waals surface area contributed by atoms with E-state index in [1.807, 2.05) is 0 Å². The minimum atomic E-state index is -0.907.